The van der Waals surface area contributed by atoms with E-state index in [9.17, 15) is 9.59 Å². The first-order valence-electron chi connectivity index (χ1n) is 7.15. The molecule has 24 heavy (non-hydrogen) atoms. The van der Waals surface area contributed by atoms with E-state index >= 15 is 0 Å². The van der Waals surface area contributed by atoms with Gasteiger partial charge >= 0.3 is 5.97 Å². The molecular formula is C17H16BrClN2O3. The number of carbonyl (C=O) groups is 2. The second-order valence-corrected chi connectivity index (χ2v) is 6.55. The summed E-state index contributed by atoms with van der Waals surface area (Å²) in [5.74, 6) is -1.11. The van der Waals surface area contributed by atoms with Crippen molar-refractivity contribution in [2.75, 3.05) is 11.9 Å². The lowest BCUT2D eigenvalue weighted by Gasteiger charge is -2.10. The van der Waals surface area contributed by atoms with E-state index < -0.39 is 18.5 Å². The molecule has 2 aromatic rings. The minimum Gasteiger partial charge on any atom is -0.452 e. The molecule has 7 heteroatoms. The van der Waals surface area contributed by atoms with E-state index in [1.165, 1.54) is 0 Å². The van der Waals surface area contributed by atoms with Gasteiger partial charge in [-0.1, -0.05) is 27.5 Å². The van der Waals surface area contributed by atoms with Crippen molar-refractivity contribution < 1.29 is 14.3 Å². The number of hydrogen-bond donors (Lipinski definition) is 1. The molecule has 0 radical (unpaired) electrons. The van der Waals surface area contributed by atoms with E-state index in [0.29, 0.717) is 16.9 Å². The highest BCUT2D eigenvalue weighted by atomic mass is 79.9. The fraction of sp³-hybridized carbons (Fsp3) is 0.235. The Morgan fingerprint density at radius 2 is 1.92 bits per heavy atom. The molecule has 0 aliphatic carbocycles. The third kappa shape index (κ3) is 4.55. The topological polar surface area (TPSA) is 68.3 Å². The number of aryl methyl sites for hydroxylation is 3. The van der Waals surface area contributed by atoms with E-state index in [2.05, 4.69) is 26.2 Å². The molecule has 0 saturated heterocycles. The number of nitrogens with zero attached hydrogens (tertiary/aromatic N) is 1. The third-order valence-electron chi connectivity index (χ3n) is 3.28. The van der Waals surface area contributed by atoms with Crippen molar-refractivity contribution in [2.45, 2.75) is 20.8 Å². The molecular weight excluding hydrogens is 396 g/mol. The quantitative estimate of drug-likeness (QED) is 0.604. The summed E-state index contributed by atoms with van der Waals surface area (Å²) in [6.07, 6.45) is 0. The summed E-state index contributed by atoms with van der Waals surface area (Å²) >= 11 is 9.38. The fourth-order valence-electron chi connectivity index (χ4n) is 2.16. The number of pyridine rings is 1. The Hall–Kier alpha value is -1.92. The Labute approximate surface area is 153 Å². The largest absolute Gasteiger partial charge is 0.452 e. The van der Waals surface area contributed by atoms with E-state index in [0.717, 1.165) is 10.0 Å². The molecule has 1 heterocycles. The maximum atomic E-state index is 12.1. The highest BCUT2D eigenvalue weighted by Crippen LogP contribution is 2.21. The zero-order chi connectivity index (χ0) is 17.9. The van der Waals surface area contributed by atoms with Crippen LogP contribution in [-0.2, 0) is 9.53 Å². The van der Waals surface area contributed by atoms with E-state index in [4.69, 9.17) is 16.3 Å². The first-order valence-corrected chi connectivity index (χ1v) is 8.32. The number of aromatic nitrogens is 1. The van der Waals surface area contributed by atoms with Crippen LogP contribution in [0, 0.1) is 20.8 Å². The second-order valence-electron chi connectivity index (χ2n) is 5.33. The van der Waals surface area contributed by atoms with Crippen molar-refractivity contribution in [1.82, 2.24) is 4.98 Å². The van der Waals surface area contributed by atoms with Gasteiger partial charge in [0.2, 0.25) is 0 Å². The number of carbonyl (C=O) groups excluding carboxylic acids is 2. The molecule has 0 atom stereocenters. The summed E-state index contributed by atoms with van der Waals surface area (Å²) in [5.41, 5.74) is 3.15. The van der Waals surface area contributed by atoms with Gasteiger partial charge in [-0.05, 0) is 56.2 Å². The van der Waals surface area contributed by atoms with Crippen LogP contribution >= 0.6 is 27.5 Å². The third-order valence-corrected chi connectivity index (χ3v) is 4.44. The molecule has 1 amide bonds. The number of hydrogen-bond acceptors (Lipinski definition) is 4. The van der Waals surface area contributed by atoms with Gasteiger partial charge in [-0.2, -0.15) is 0 Å². The lowest BCUT2D eigenvalue weighted by Crippen LogP contribution is -2.21. The predicted molar refractivity (Wildman–Crippen MR) is 96.5 cm³/mol. The molecule has 0 unspecified atom stereocenters. The van der Waals surface area contributed by atoms with Gasteiger partial charge < -0.3 is 10.1 Å². The molecule has 0 spiro atoms. The smallest absolute Gasteiger partial charge is 0.342 e. The number of esters is 1. The minimum absolute atomic E-state index is 0.0708. The van der Waals surface area contributed by atoms with Crippen molar-refractivity contribution >= 4 is 45.1 Å². The molecule has 0 fully saturated rings. The maximum Gasteiger partial charge on any atom is 0.342 e. The Morgan fingerprint density at radius 1 is 1.21 bits per heavy atom. The van der Waals surface area contributed by atoms with Crippen LogP contribution in [0.25, 0.3) is 0 Å². The molecule has 1 N–H and O–H groups in total. The molecule has 1 aromatic heterocycles. The number of ether oxygens (including phenoxy) is 1. The highest BCUT2D eigenvalue weighted by molar-refractivity contribution is 9.10. The predicted octanol–water partition coefficient (Wildman–Crippen LogP) is 4.22. The van der Waals surface area contributed by atoms with E-state index in [1.807, 2.05) is 19.1 Å². The van der Waals surface area contributed by atoms with Gasteiger partial charge in [0.25, 0.3) is 5.91 Å². The number of rotatable bonds is 4. The van der Waals surface area contributed by atoms with Gasteiger partial charge in [-0.15, -0.1) is 0 Å². The minimum atomic E-state index is -0.674. The average molecular weight is 412 g/mol. The number of benzene rings is 1. The average Bonchev–Trinajstić information content (AvgIpc) is 2.48. The second kappa shape index (κ2) is 7.77. The van der Waals surface area contributed by atoms with Gasteiger partial charge in [-0.25, -0.2) is 9.78 Å². The SMILES string of the molecule is Cc1cc(C)c(C(=O)OCC(=O)Nc2ccc(Br)c(C)c2)c(Cl)n1. The highest BCUT2D eigenvalue weighted by Gasteiger charge is 2.18. The summed E-state index contributed by atoms with van der Waals surface area (Å²) in [7, 11) is 0. The van der Waals surface area contributed by atoms with Gasteiger partial charge in [0, 0.05) is 15.9 Å². The van der Waals surface area contributed by atoms with Crippen LogP contribution in [0.1, 0.15) is 27.2 Å². The summed E-state index contributed by atoms with van der Waals surface area (Å²) < 4.78 is 5.98. The van der Waals surface area contributed by atoms with Gasteiger partial charge in [0.1, 0.15) is 5.15 Å². The number of amides is 1. The number of anilines is 1. The maximum absolute atomic E-state index is 12.1. The van der Waals surface area contributed by atoms with Gasteiger partial charge in [0.15, 0.2) is 6.61 Å². The van der Waals surface area contributed by atoms with Crippen molar-refractivity contribution in [3.05, 3.63) is 56.3 Å². The van der Waals surface area contributed by atoms with E-state index in [1.54, 1.807) is 26.0 Å². The molecule has 126 valence electrons. The number of halogens is 2. The summed E-state index contributed by atoms with van der Waals surface area (Å²) in [4.78, 5) is 28.1. The van der Waals surface area contributed by atoms with Crippen molar-refractivity contribution in [2.24, 2.45) is 0 Å². The summed E-state index contributed by atoms with van der Waals surface area (Å²) in [6.45, 7) is 5.02. The Bertz CT molecular complexity index is 785. The van der Waals surface area contributed by atoms with Crippen LogP contribution in [0.5, 0.6) is 0 Å². The molecule has 0 aliphatic rings. The lowest BCUT2D eigenvalue weighted by molar-refractivity contribution is -0.119. The molecule has 5 nitrogen and oxygen atoms in total. The van der Waals surface area contributed by atoms with Gasteiger partial charge in [0.05, 0.1) is 5.56 Å². The van der Waals surface area contributed by atoms with Crippen LogP contribution in [0.3, 0.4) is 0 Å². The fourth-order valence-corrected chi connectivity index (χ4v) is 2.77. The van der Waals surface area contributed by atoms with Gasteiger partial charge in [-0.3, -0.25) is 4.79 Å². The standard InChI is InChI=1S/C17H16BrClN2O3/c1-9-7-12(4-5-13(9)18)21-14(22)8-24-17(23)15-10(2)6-11(3)20-16(15)19/h4-7H,8H2,1-3H3,(H,21,22). The lowest BCUT2D eigenvalue weighted by atomic mass is 10.1. The first kappa shape index (κ1) is 18.4. The van der Waals surface area contributed by atoms with Crippen molar-refractivity contribution in [3.63, 3.8) is 0 Å². The van der Waals surface area contributed by atoms with E-state index in [-0.39, 0.29) is 10.7 Å². The molecule has 0 aliphatic heterocycles. The number of nitrogens with one attached hydrogen (secondary N) is 1. The van der Waals surface area contributed by atoms with Crippen LogP contribution in [-0.4, -0.2) is 23.5 Å². The zero-order valence-electron chi connectivity index (χ0n) is 13.4. The monoisotopic (exact) mass is 410 g/mol. The van der Waals surface area contributed by atoms with Crippen molar-refractivity contribution in [1.29, 1.82) is 0 Å². The van der Waals surface area contributed by atoms with Crippen molar-refractivity contribution in [3.8, 4) is 0 Å². The Morgan fingerprint density at radius 3 is 2.54 bits per heavy atom. The Balaban J connectivity index is 1.99. The van der Waals surface area contributed by atoms with Crippen LogP contribution < -0.4 is 5.32 Å². The normalized spacial score (nSPS) is 10.4. The first-order chi connectivity index (χ1) is 11.3. The molecule has 1 aromatic carbocycles. The Kier molecular flexibility index (Phi) is 5.96. The zero-order valence-corrected chi connectivity index (χ0v) is 15.8. The summed E-state index contributed by atoms with van der Waals surface area (Å²) in [6, 6.07) is 7.13. The van der Waals surface area contributed by atoms with Crippen LogP contribution in [0.15, 0.2) is 28.7 Å². The molecule has 0 saturated carbocycles. The van der Waals surface area contributed by atoms with Crippen LogP contribution in [0.2, 0.25) is 5.15 Å². The van der Waals surface area contributed by atoms with Crippen LogP contribution in [0.4, 0.5) is 5.69 Å². The summed E-state index contributed by atoms with van der Waals surface area (Å²) in [5, 5.41) is 2.74. The molecule has 2 rings (SSSR count). The molecule has 0 bridgehead atoms.